The third-order valence-corrected chi connectivity index (χ3v) is 9.09. The minimum atomic E-state index is -2.45. The Kier molecular flexibility index (Phi) is 7.15. The molecule has 8 heteroatoms. The van der Waals surface area contributed by atoms with Crippen LogP contribution in [-0.2, 0) is 5.21 Å². The Labute approximate surface area is 284 Å². The number of aliphatic hydroxyl groups is 1. The average Bonchev–Trinajstić information content (AvgIpc) is 3.51. The molecule has 8 rings (SSSR count). The molecule has 8 radical (unpaired) electrons. The molecule has 0 saturated carbocycles. The molecular formula is C40H25B4N3O. The van der Waals surface area contributed by atoms with E-state index in [1.807, 2.05) is 53.2 Å². The molecule has 0 amide bonds. The predicted octanol–water partition coefficient (Wildman–Crippen LogP) is 7.20. The maximum absolute atomic E-state index is 10.6. The van der Waals surface area contributed by atoms with Gasteiger partial charge in [0.05, 0.1) is 42.4 Å². The van der Waals surface area contributed by atoms with E-state index in [1.54, 1.807) is 6.20 Å². The largest absolute Gasteiger partial charge is 0.410 e. The third-order valence-electron chi connectivity index (χ3n) is 9.09. The summed E-state index contributed by atoms with van der Waals surface area (Å²) < 4.78 is 1.81. The second kappa shape index (κ2) is 11.4. The minimum Gasteiger partial charge on any atom is -0.410 e. The zero-order chi connectivity index (χ0) is 33.0. The molecule has 0 bridgehead atoms. The van der Waals surface area contributed by atoms with Gasteiger partial charge in [-0.2, -0.15) is 0 Å². The average molecular weight is 607 g/mol. The lowest BCUT2D eigenvalue weighted by molar-refractivity contribution is 0.189. The van der Waals surface area contributed by atoms with E-state index in [2.05, 4.69) is 96.0 Å². The van der Waals surface area contributed by atoms with Crippen LogP contribution in [0.15, 0.2) is 146 Å². The number of hydrogen-bond donors (Lipinski definition) is 1. The Balaban J connectivity index is 1.41. The quantitative estimate of drug-likeness (QED) is 0.161. The number of pyridine rings is 1. The first-order valence-corrected chi connectivity index (χ1v) is 15.6. The number of rotatable bonds is 6. The van der Waals surface area contributed by atoms with Gasteiger partial charge in [-0.15, -0.1) is 0 Å². The van der Waals surface area contributed by atoms with Crippen LogP contribution in [0.4, 0.5) is 0 Å². The molecule has 0 unspecified atom stereocenters. The SMILES string of the molecule is [B]C([B])(O)C([B])([B])c1nc2ccccc2n1-c1cccc(-c2c3ccccc3c(-c3ccccc3-c3cccnc3)c3ccccc23)c1. The van der Waals surface area contributed by atoms with E-state index in [9.17, 15) is 5.11 Å². The van der Waals surface area contributed by atoms with Gasteiger partial charge in [-0.05, 0) is 90.3 Å². The summed E-state index contributed by atoms with van der Waals surface area (Å²) in [6.45, 7) is 0. The van der Waals surface area contributed by atoms with Crippen molar-refractivity contribution in [1.29, 1.82) is 0 Å². The summed E-state index contributed by atoms with van der Waals surface area (Å²) in [6, 6.07) is 45.2. The van der Waals surface area contributed by atoms with E-state index in [0.717, 1.165) is 66.1 Å². The maximum Gasteiger partial charge on any atom is 0.104 e. The van der Waals surface area contributed by atoms with Gasteiger partial charge in [-0.25, -0.2) is 4.98 Å². The Morgan fingerprint density at radius 3 is 1.79 bits per heavy atom. The van der Waals surface area contributed by atoms with Gasteiger partial charge in [-0.3, -0.25) is 9.55 Å². The molecule has 218 valence electrons. The summed E-state index contributed by atoms with van der Waals surface area (Å²) in [5, 5.41) is 10.6. The number of fused-ring (bicyclic) bond motifs is 3. The van der Waals surface area contributed by atoms with Crippen molar-refractivity contribution < 1.29 is 5.11 Å². The first kappa shape index (κ1) is 30.0. The highest BCUT2D eigenvalue weighted by Crippen LogP contribution is 2.46. The number of para-hydroxylation sites is 2. The van der Waals surface area contributed by atoms with E-state index in [-0.39, 0.29) is 5.82 Å². The number of benzene rings is 6. The summed E-state index contributed by atoms with van der Waals surface area (Å²) >= 11 is 0. The van der Waals surface area contributed by atoms with Gasteiger partial charge in [0.25, 0.3) is 0 Å². The number of hydrogen-bond acceptors (Lipinski definition) is 3. The lowest BCUT2D eigenvalue weighted by Gasteiger charge is -2.39. The van der Waals surface area contributed by atoms with Crippen LogP contribution in [0.1, 0.15) is 5.82 Å². The van der Waals surface area contributed by atoms with E-state index < -0.39 is 10.6 Å². The van der Waals surface area contributed by atoms with Crippen molar-refractivity contribution in [3.8, 4) is 39.1 Å². The molecule has 1 N–H and O–H groups in total. The summed E-state index contributed by atoms with van der Waals surface area (Å²) in [5.74, 6) is 0.130. The number of nitrogens with zero attached hydrogens (tertiary/aromatic N) is 3. The molecule has 2 heterocycles. The molecule has 0 fully saturated rings. The molecule has 0 spiro atoms. The van der Waals surface area contributed by atoms with Gasteiger partial charge in [0.15, 0.2) is 0 Å². The van der Waals surface area contributed by atoms with Crippen LogP contribution in [0.5, 0.6) is 0 Å². The summed E-state index contributed by atoms with van der Waals surface area (Å²) in [5.41, 5.74) is 8.63. The Morgan fingerprint density at radius 2 is 1.15 bits per heavy atom. The summed E-state index contributed by atoms with van der Waals surface area (Å²) in [7, 11) is 24.7. The maximum atomic E-state index is 10.6. The van der Waals surface area contributed by atoms with Crippen LogP contribution in [0, 0.1) is 0 Å². The fourth-order valence-corrected chi connectivity index (χ4v) is 6.75. The highest BCUT2D eigenvalue weighted by molar-refractivity contribution is 6.53. The van der Waals surface area contributed by atoms with Crippen LogP contribution in [0.3, 0.4) is 0 Å². The molecule has 0 aliphatic heterocycles. The lowest BCUT2D eigenvalue weighted by atomic mass is 9.35. The minimum absolute atomic E-state index is 0.130. The highest BCUT2D eigenvalue weighted by Gasteiger charge is 2.39. The zero-order valence-corrected chi connectivity index (χ0v) is 26.0. The molecule has 0 atom stereocenters. The molecular weight excluding hydrogens is 582 g/mol. The van der Waals surface area contributed by atoms with Crippen molar-refractivity contribution in [1.82, 2.24) is 14.5 Å². The van der Waals surface area contributed by atoms with Crippen molar-refractivity contribution in [2.45, 2.75) is 10.6 Å². The van der Waals surface area contributed by atoms with Crippen LogP contribution in [0.25, 0.3) is 71.6 Å². The van der Waals surface area contributed by atoms with Crippen LogP contribution >= 0.6 is 0 Å². The number of aromatic nitrogens is 3. The van der Waals surface area contributed by atoms with Crippen molar-refractivity contribution in [3.05, 3.63) is 152 Å². The lowest BCUT2D eigenvalue weighted by Crippen LogP contribution is -2.55. The standard InChI is InChI=1S/C40H25B4N3O/c41-39(42,40(43,44)48)38-46-34-20-7-8-21-35(34)47(38)27-13-9-11-25(23-27)36-30-16-3-5-18-32(30)37(33-19-6-4-17-31(33)36)29-15-2-1-14-28(29)26-12-10-22-45-24-26/h1-24,48H. The first-order valence-electron chi connectivity index (χ1n) is 15.6. The normalized spacial score (nSPS) is 12.2. The Bertz CT molecular complexity index is 2430. The summed E-state index contributed by atoms with van der Waals surface area (Å²) in [6.07, 6.45) is 3.70. The third kappa shape index (κ3) is 4.79. The molecule has 6 aromatic carbocycles. The second-order valence-electron chi connectivity index (χ2n) is 12.1. The van der Waals surface area contributed by atoms with Gasteiger partial charge in [0.2, 0.25) is 0 Å². The smallest absolute Gasteiger partial charge is 0.104 e. The van der Waals surface area contributed by atoms with Crippen LogP contribution < -0.4 is 0 Å². The predicted molar refractivity (Wildman–Crippen MR) is 200 cm³/mol. The highest BCUT2D eigenvalue weighted by atomic mass is 16.3. The van der Waals surface area contributed by atoms with Crippen molar-refractivity contribution in [2.24, 2.45) is 0 Å². The molecule has 2 aromatic heterocycles. The van der Waals surface area contributed by atoms with E-state index in [1.165, 1.54) is 0 Å². The molecule has 48 heavy (non-hydrogen) atoms. The van der Waals surface area contributed by atoms with Gasteiger partial charge >= 0.3 is 0 Å². The first-order chi connectivity index (χ1) is 23.2. The van der Waals surface area contributed by atoms with Gasteiger partial charge < -0.3 is 5.11 Å². The molecule has 0 saturated heterocycles. The van der Waals surface area contributed by atoms with E-state index in [0.29, 0.717) is 5.52 Å². The van der Waals surface area contributed by atoms with Crippen LogP contribution in [0.2, 0.25) is 0 Å². The van der Waals surface area contributed by atoms with Crippen molar-refractivity contribution in [2.75, 3.05) is 0 Å². The number of imidazole rings is 1. The van der Waals surface area contributed by atoms with Crippen LogP contribution in [-0.4, -0.2) is 56.4 Å². The molecule has 4 nitrogen and oxygen atoms in total. The molecule has 0 aliphatic carbocycles. The van der Waals surface area contributed by atoms with Gasteiger partial charge in [-0.1, -0.05) is 103 Å². The zero-order valence-electron chi connectivity index (χ0n) is 26.0. The van der Waals surface area contributed by atoms with E-state index in [4.69, 9.17) is 36.4 Å². The Morgan fingerprint density at radius 1 is 0.562 bits per heavy atom. The molecule has 0 aliphatic rings. The molecule has 8 aromatic rings. The van der Waals surface area contributed by atoms with Crippen molar-refractivity contribution in [3.63, 3.8) is 0 Å². The van der Waals surface area contributed by atoms with Crippen molar-refractivity contribution >= 4 is 64.0 Å². The van der Waals surface area contributed by atoms with Gasteiger partial charge in [0.1, 0.15) is 5.82 Å². The van der Waals surface area contributed by atoms with Gasteiger partial charge in [0, 0.05) is 23.6 Å². The fourth-order valence-electron chi connectivity index (χ4n) is 6.75. The van der Waals surface area contributed by atoms with E-state index >= 15 is 0 Å². The summed E-state index contributed by atoms with van der Waals surface area (Å²) in [4.78, 5) is 9.10. The topological polar surface area (TPSA) is 50.9 Å². The monoisotopic (exact) mass is 607 g/mol. The fraction of sp³-hybridized carbons (Fsp3) is 0.0500. The Hall–Kier alpha value is -5.32. The second-order valence-corrected chi connectivity index (χ2v) is 12.1.